The number of para-hydroxylation sites is 1. The third kappa shape index (κ3) is 2.36. The highest BCUT2D eigenvalue weighted by atomic mass is 16.5. The maximum Gasteiger partial charge on any atom is 0.325 e. The number of carbonyl (C=O) groups is 1. The van der Waals surface area contributed by atoms with Crippen LogP contribution in [0.15, 0.2) is 36.5 Å². The molecule has 2 aromatic rings. The summed E-state index contributed by atoms with van der Waals surface area (Å²) < 4.78 is 4.66. The van der Waals surface area contributed by atoms with Gasteiger partial charge < -0.3 is 9.64 Å². The highest BCUT2D eigenvalue weighted by molar-refractivity contribution is 5.92. The quantitative estimate of drug-likeness (QED) is 0.755. The number of carbonyl (C=O) groups excluding carboxylic acids is 1. The van der Waals surface area contributed by atoms with Gasteiger partial charge in [0.25, 0.3) is 0 Å². The Morgan fingerprint density at radius 3 is 2.88 bits per heavy atom. The molecule has 1 heterocycles. The first-order valence-corrected chi connectivity index (χ1v) is 5.34. The molecule has 17 heavy (non-hydrogen) atoms. The number of pyridine rings is 1. The summed E-state index contributed by atoms with van der Waals surface area (Å²) in [6.45, 7) is 0.227. The second-order valence-electron chi connectivity index (χ2n) is 3.78. The second kappa shape index (κ2) is 4.82. The molecule has 0 aliphatic rings. The summed E-state index contributed by atoms with van der Waals surface area (Å²) in [7, 11) is 3.25. The Bertz CT molecular complexity index is 534. The van der Waals surface area contributed by atoms with Crippen LogP contribution in [0.3, 0.4) is 0 Å². The van der Waals surface area contributed by atoms with Crippen molar-refractivity contribution >= 4 is 22.6 Å². The molecule has 88 valence electrons. The van der Waals surface area contributed by atoms with Crippen LogP contribution in [0.1, 0.15) is 0 Å². The van der Waals surface area contributed by atoms with Gasteiger partial charge in [0.2, 0.25) is 0 Å². The van der Waals surface area contributed by atoms with Gasteiger partial charge in [-0.25, -0.2) is 0 Å². The molecule has 0 saturated carbocycles. The highest BCUT2D eigenvalue weighted by Gasteiger charge is 2.10. The minimum Gasteiger partial charge on any atom is -0.468 e. The van der Waals surface area contributed by atoms with Crippen molar-refractivity contribution < 1.29 is 9.53 Å². The summed E-state index contributed by atoms with van der Waals surface area (Å²) >= 11 is 0. The van der Waals surface area contributed by atoms with E-state index in [-0.39, 0.29) is 12.5 Å². The largest absolute Gasteiger partial charge is 0.468 e. The maximum absolute atomic E-state index is 11.3. The van der Waals surface area contributed by atoms with Crippen molar-refractivity contribution in [2.75, 3.05) is 25.6 Å². The van der Waals surface area contributed by atoms with E-state index >= 15 is 0 Å². The van der Waals surface area contributed by atoms with E-state index in [2.05, 4.69) is 9.72 Å². The third-order valence-electron chi connectivity index (χ3n) is 2.63. The fourth-order valence-corrected chi connectivity index (χ4v) is 1.76. The number of ether oxygens (including phenoxy) is 1. The van der Waals surface area contributed by atoms with Gasteiger partial charge in [0.05, 0.1) is 12.6 Å². The van der Waals surface area contributed by atoms with Crippen LogP contribution in [0.25, 0.3) is 10.9 Å². The highest BCUT2D eigenvalue weighted by Crippen LogP contribution is 2.23. The van der Waals surface area contributed by atoms with Crippen LogP contribution in [0.5, 0.6) is 0 Å². The van der Waals surface area contributed by atoms with E-state index in [4.69, 9.17) is 0 Å². The van der Waals surface area contributed by atoms with E-state index in [0.717, 1.165) is 16.6 Å². The number of nitrogens with zero attached hydrogens (tertiary/aromatic N) is 2. The molecule has 0 saturated heterocycles. The van der Waals surface area contributed by atoms with E-state index in [1.807, 2.05) is 42.3 Å². The molecule has 0 unspecified atom stereocenters. The molecule has 0 radical (unpaired) electrons. The SMILES string of the molecule is COC(=O)CN(C)c1ccnc2ccccc12. The van der Waals surface area contributed by atoms with Crippen molar-refractivity contribution in [3.63, 3.8) is 0 Å². The first-order chi connectivity index (χ1) is 8.22. The lowest BCUT2D eigenvalue weighted by molar-refractivity contribution is -0.138. The van der Waals surface area contributed by atoms with Crippen LogP contribution in [-0.2, 0) is 9.53 Å². The van der Waals surface area contributed by atoms with Crippen molar-refractivity contribution in [1.29, 1.82) is 0 Å². The lowest BCUT2D eigenvalue weighted by Gasteiger charge is -2.19. The average molecular weight is 230 g/mol. The number of hydrogen-bond donors (Lipinski definition) is 0. The van der Waals surface area contributed by atoms with Crippen LogP contribution in [-0.4, -0.2) is 31.7 Å². The number of likely N-dealkylation sites (N-methyl/N-ethyl adjacent to an activating group) is 1. The zero-order chi connectivity index (χ0) is 12.3. The van der Waals surface area contributed by atoms with Crippen LogP contribution < -0.4 is 4.90 Å². The standard InChI is InChI=1S/C13H14N2O2/c1-15(9-13(16)17-2)12-7-8-14-11-6-4-3-5-10(11)12/h3-8H,9H2,1-2H3. The summed E-state index contributed by atoms with van der Waals surface area (Å²) in [5.74, 6) is -0.256. The van der Waals surface area contributed by atoms with Gasteiger partial charge >= 0.3 is 5.97 Å². The predicted molar refractivity (Wildman–Crippen MR) is 67.0 cm³/mol. The number of anilines is 1. The van der Waals surface area contributed by atoms with E-state index < -0.39 is 0 Å². The Morgan fingerprint density at radius 1 is 1.35 bits per heavy atom. The third-order valence-corrected chi connectivity index (χ3v) is 2.63. The molecule has 4 nitrogen and oxygen atoms in total. The van der Waals surface area contributed by atoms with Crippen LogP contribution in [0, 0.1) is 0 Å². The fraction of sp³-hybridized carbons (Fsp3) is 0.231. The fourth-order valence-electron chi connectivity index (χ4n) is 1.76. The van der Waals surface area contributed by atoms with Gasteiger partial charge in [0.1, 0.15) is 6.54 Å². The van der Waals surface area contributed by atoms with Crippen molar-refractivity contribution in [1.82, 2.24) is 4.98 Å². The monoisotopic (exact) mass is 230 g/mol. The molecule has 0 aliphatic carbocycles. The lowest BCUT2D eigenvalue weighted by atomic mass is 10.2. The Balaban J connectivity index is 2.38. The molecular weight excluding hydrogens is 216 g/mol. The number of fused-ring (bicyclic) bond motifs is 1. The van der Waals surface area contributed by atoms with E-state index in [0.29, 0.717) is 0 Å². The zero-order valence-electron chi connectivity index (χ0n) is 9.88. The summed E-state index contributed by atoms with van der Waals surface area (Å²) in [4.78, 5) is 17.4. The zero-order valence-corrected chi connectivity index (χ0v) is 9.88. The predicted octanol–water partition coefficient (Wildman–Crippen LogP) is 1.84. The average Bonchev–Trinajstić information content (AvgIpc) is 2.37. The van der Waals surface area contributed by atoms with E-state index in [9.17, 15) is 4.79 Å². The molecule has 0 fully saturated rings. The van der Waals surface area contributed by atoms with Crippen LogP contribution in [0.4, 0.5) is 5.69 Å². The molecule has 0 atom stereocenters. The van der Waals surface area contributed by atoms with E-state index in [1.165, 1.54) is 7.11 Å². The molecule has 4 heteroatoms. The van der Waals surface area contributed by atoms with Gasteiger partial charge in [-0.3, -0.25) is 9.78 Å². The van der Waals surface area contributed by atoms with Gasteiger partial charge in [-0.05, 0) is 12.1 Å². The summed E-state index contributed by atoms with van der Waals surface area (Å²) in [6, 6.07) is 9.74. The first kappa shape index (κ1) is 11.4. The molecule has 0 aliphatic heterocycles. The smallest absolute Gasteiger partial charge is 0.325 e. The van der Waals surface area contributed by atoms with Crippen molar-refractivity contribution in [3.8, 4) is 0 Å². The number of rotatable bonds is 3. The Morgan fingerprint density at radius 2 is 2.12 bits per heavy atom. The molecule has 0 bridgehead atoms. The minimum atomic E-state index is -0.256. The van der Waals surface area contributed by atoms with Gasteiger partial charge in [-0.1, -0.05) is 18.2 Å². The Kier molecular flexibility index (Phi) is 3.23. The topological polar surface area (TPSA) is 42.4 Å². The number of hydrogen-bond acceptors (Lipinski definition) is 4. The lowest BCUT2D eigenvalue weighted by Crippen LogP contribution is -2.26. The van der Waals surface area contributed by atoms with Crippen molar-refractivity contribution in [2.45, 2.75) is 0 Å². The molecule has 1 aromatic carbocycles. The van der Waals surface area contributed by atoms with E-state index in [1.54, 1.807) is 6.20 Å². The molecule has 0 N–H and O–H groups in total. The van der Waals surface area contributed by atoms with Gasteiger partial charge in [-0.15, -0.1) is 0 Å². The molecular formula is C13H14N2O2. The van der Waals surface area contributed by atoms with Gasteiger partial charge in [0.15, 0.2) is 0 Å². The number of esters is 1. The van der Waals surface area contributed by atoms with Crippen LogP contribution >= 0.6 is 0 Å². The van der Waals surface area contributed by atoms with Gasteiger partial charge in [0, 0.05) is 24.3 Å². The molecule has 0 amide bonds. The Hall–Kier alpha value is -2.10. The minimum absolute atomic E-state index is 0.227. The molecule has 1 aromatic heterocycles. The van der Waals surface area contributed by atoms with Gasteiger partial charge in [-0.2, -0.15) is 0 Å². The number of aromatic nitrogens is 1. The second-order valence-corrected chi connectivity index (χ2v) is 3.78. The van der Waals surface area contributed by atoms with Crippen molar-refractivity contribution in [3.05, 3.63) is 36.5 Å². The normalized spacial score (nSPS) is 10.2. The molecule has 2 rings (SSSR count). The Labute approximate surface area is 99.8 Å². The van der Waals surface area contributed by atoms with Crippen molar-refractivity contribution in [2.24, 2.45) is 0 Å². The first-order valence-electron chi connectivity index (χ1n) is 5.34. The maximum atomic E-state index is 11.3. The van der Waals surface area contributed by atoms with Crippen LogP contribution in [0.2, 0.25) is 0 Å². The number of benzene rings is 1. The number of methoxy groups -OCH3 is 1. The summed E-state index contributed by atoms with van der Waals surface area (Å²) in [6.07, 6.45) is 1.74. The summed E-state index contributed by atoms with van der Waals surface area (Å²) in [5.41, 5.74) is 1.89. The molecule has 0 spiro atoms. The summed E-state index contributed by atoms with van der Waals surface area (Å²) in [5, 5.41) is 1.03.